The van der Waals surface area contributed by atoms with Gasteiger partial charge in [-0.05, 0) is 25.7 Å². The van der Waals surface area contributed by atoms with Crippen molar-refractivity contribution in [3.05, 3.63) is 0 Å². The molecule has 2 atom stereocenters. The van der Waals surface area contributed by atoms with Crippen LogP contribution >= 0.6 is 0 Å². The van der Waals surface area contributed by atoms with Crippen molar-refractivity contribution in [3.8, 4) is 0 Å². The zero-order valence-electron chi connectivity index (χ0n) is 9.80. The first-order valence-corrected chi connectivity index (χ1v) is 5.96. The van der Waals surface area contributed by atoms with Crippen molar-refractivity contribution in [1.29, 1.82) is 0 Å². The third-order valence-electron chi connectivity index (χ3n) is 4.59. The van der Waals surface area contributed by atoms with Crippen LogP contribution in [0.15, 0.2) is 0 Å². The van der Waals surface area contributed by atoms with Crippen LogP contribution in [0.2, 0.25) is 0 Å². The van der Waals surface area contributed by atoms with Gasteiger partial charge in [-0.25, -0.2) is 0 Å². The Hall–Kier alpha value is 0.690. The van der Waals surface area contributed by atoms with E-state index in [2.05, 4.69) is 20.9 Å². The molecule has 1 aliphatic carbocycles. The van der Waals surface area contributed by atoms with E-state index in [0.29, 0.717) is 0 Å². The van der Waals surface area contributed by atoms with E-state index in [1.165, 1.54) is 43.3 Å². The van der Waals surface area contributed by atoms with Crippen molar-refractivity contribution in [2.75, 3.05) is 20.1 Å². The first-order valence-electron chi connectivity index (χ1n) is 5.96. The highest BCUT2D eigenvalue weighted by Crippen LogP contribution is 2.36. The zero-order valence-corrected chi connectivity index (χ0v) is 12.0. The third kappa shape index (κ3) is 2.26. The van der Waals surface area contributed by atoms with Gasteiger partial charge in [-0.15, -0.1) is 0 Å². The molecular formula is C12H24IN. The number of hydrogen-bond donors (Lipinski definition) is 0. The fourth-order valence-electron chi connectivity index (χ4n) is 3.58. The molecule has 0 aromatic rings. The van der Waals surface area contributed by atoms with E-state index in [4.69, 9.17) is 0 Å². The molecule has 2 heteroatoms. The minimum Gasteiger partial charge on any atom is -1.00 e. The Balaban J connectivity index is 0.000000980. The lowest BCUT2D eigenvalue weighted by Crippen LogP contribution is -3.00. The highest BCUT2D eigenvalue weighted by molar-refractivity contribution is 4.75. The number of quaternary nitrogens is 1. The molecule has 84 valence electrons. The van der Waals surface area contributed by atoms with Crippen LogP contribution in [0.5, 0.6) is 0 Å². The lowest BCUT2D eigenvalue weighted by atomic mass is 10.0. The van der Waals surface area contributed by atoms with E-state index in [9.17, 15) is 0 Å². The molecule has 1 aliphatic heterocycles. The number of rotatable bonds is 1. The second-order valence-electron chi connectivity index (χ2n) is 5.74. The van der Waals surface area contributed by atoms with Gasteiger partial charge in [-0.3, -0.25) is 0 Å². The minimum absolute atomic E-state index is 0. The van der Waals surface area contributed by atoms with Crippen LogP contribution < -0.4 is 24.0 Å². The van der Waals surface area contributed by atoms with Crippen molar-refractivity contribution in [1.82, 2.24) is 0 Å². The van der Waals surface area contributed by atoms with Crippen molar-refractivity contribution in [2.45, 2.75) is 45.6 Å². The summed E-state index contributed by atoms with van der Waals surface area (Å²) in [6, 6.07) is 1.01. The van der Waals surface area contributed by atoms with E-state index in [0.717, 1.165) is 17.9 Å². The van der Waals surface area contributed by atoms with Gasteiger partial charge in [0, 0.05) is 11.8 Å². The summed E-state index contributed by atoms with van der Waals surface area (Å²) in [6.45, 7) is 7.74. The molecule has 0 spiro atoms. The van der Waals surface area contributed by atoms with E-state index < -0.39 is 0 Å². The Morgan fingerprint density at radius 1 is 0.929 bits per heavy atom. The highest BCUT2D eigenvalue weighted by atomic mass is 127. The summed E-state index contributed by atoms with van der Waals surface area (Å²) in [4.78, 5) is 0. The Morgan fingerprint density at radius 3 is 1.79 bits per heavy atom. The zero-order chi connectivity index (χ0) is 9.47. The van der Waals surface area contributed by atoms with Crippen molar-refractivity contribution in [3.63, 3.8) is 0 Å². The fourth-order valence-corrected chi connectivity index (χ4v) is 3.58. The van der Waals surface area contributed by atoms with E-state index in [-0.39, 0.29) is 24.0 Å². The fraction of sp³-hybridized carbons (Fsp3) is 1.00. The predicted molar refractivity (Wildman–Crippen MR) is 56.5 cm³/mol. The molecule has 2 rings (SSSR count). The summed E-state index contributed by atoms with van der Waals surface area (Å²) < 4.78 is 1.39. The summed E-state index contributed by atoms with van der Waals surface area (Å²) in [6.07, 6.45) is 5.97. The molecular weight excluding hydrogens is 285 g/mol. The van der Waals surface area contributed by atoms with Crippen LogP contribution in [-0.2, 0) is 0 Å². The molecule has 0 amide bonds. The Labute approximate surface area is 106 Å². The molecule has 1 saturated carbocycles. The van der Waals surface area contributed by atoms with Crippen LogP contribution in [0.1, 0.15) is 39.5 Å². The van der Waals surface area contributed by atoms with Gasteiger partial charge in [-0.2, -0.15) is 0 Å². The first kappa shape index (κ1) is 12.8. The number of likely N-dealkylation sites (tertiary alicyclic amines) is 1. The Kier molecular flexibility index (Phi) is 4.27. The lowest BCUT2D eigenvalue weighted by molar-refractivity contribution is -0.923. The van der Waals surface area contributed by atoms with Crippen LogP contribution in [0.3, 0.4) is 0 Å². The molecule has 1 saturated heterocycles. The quantitative estimate of drug-likeness (QED) is 0.459. The maximum atomic E-state index is 2.50. The molecule has 0 aromatic heterocycles. The SMILES string of the molecule is CC1C[N+](C)(C2CCCC2)CC1C.[I-]. The Morgan fingerprint density at radius 2 is 1.36 bits per heavy atom. The topological polar surface area (TPSA) is 0 Å². The second kappa shape index (κ2) is 4.69. The van der Waals surface area contributed by atoms with Gasteiger partial charge in [0.1, 0.15) is 0 Å². The number of nitrogens with zero attached hydrogens (tertiary/aromatic N) is 1. The molecule has 2 aliphatic rings. The Bertz CT molecular complexity index is 177. The lowest BCUT2D eigenvalue weighted by Gasteiger charge is -2.36. The van der Waals surface area contributed by atoms with Gasteiger partial charge in [0.15, 0.2) is 0 Å². The van der Waals surface area contributed by atoms with Crippen molar-refractivity contribution >= 4 is 0 Å². The predicted octanol–water partition coefficient (Wildman–Crippen LogP) is -0.335. The van der Waals surface area contributed by atoms with Gasteiger partial charge in [-0.1, -0.05) is 13.8 Å². The van der Waals surface area contributed by atoms with Crippen LogP contribution in [-0.4, -0.2) is 30.7 Å². The molecule has 0 aromatic carbocycles. The summed E-state index contributed by atoms with van der Waals surface area (Å²) in [5.41, 5.74) is 0. The summed E-state index contributed by atoms with van der Waals surface area (Å²) in [7, 11) is 2.50. The number of hydrogen-bond acceptors (Lipinski definition) is 0. The largest absolute Gasteiger partial charge is 1.00 e. The van der Waals surface area contributed by atoms with E-state index in [1.807, 2.05) is 0 Å². The van der Waals surface area contributed by atoms with Crippen LogP contribution in [0.4, 0.5) is 0 Å². The first-order chi connectivity index (χ1) is 6.12. The summed E-state index contributed by atoms with van der Waals surface area (Å²) in [5.74, 6) is 1.90. The highest BCUT2D eigenvalue weighted by Gasteiger charge is 2.43. The maximum Gasteiger partial charge on any atom is 0.0888 e. The molecule has 0 N–H and O–H groups in total. The molecule has 2 fully saturated rings. The molecule has 1 nitrogen and oxygen atoms in total. The minimum atomic E-state index is 0. The summed E-state index contributed by atoms with van der Waals surface area (Å²) in [5, 5.41) is 0. The average molecular weight is 309 g/mol. The van der Waals surface area contributed by atoms with E-state index in [1.54, 1.807) is 0 Å². The van der Waals surface area contributed by atoms with Gasteiger partial charge in [0.25, 0.3) is 0 Å². The van der Waals surface area contributed by atoms with E-state index >= 15 is 0 Å². The monoisotopic (exact) mass is 309 g/mol. The van der Waals surface area contributed by atoms with Crippen molar-refractivity contribution in [2.24, 2.45) is 11.8 Å². The molecule has 0 radical (unpaired) electrons. The average Bonchev–Trinajstić information content (AvgIpc) is 2.61. The molecule has 14 heavy (non-hydrogen) atoms. The van der Waals surface area contributed by atoms with Gasteiger partial charge < -0.3 is 28.5 Å². The van der Waals surface area contributed by atoms with Crippen LogP contribution in [0, 0.1) is 11.8 Å². The third-order valence-corrected chi connectivity index (χ3v) is 4.59. The van der Waals surface area contributed by atoms with Crippen LogP contribution in [0.25, 0.3) is 0 Å². The van der Waals surface area contributed by atoms with Gasteiger partial charge in [0.2, 0.25) is 0 Å². The molecule has 2 unspecified atom stereocenters. The van der Waals surface area contributed by atoms with Gasteiger partial charge in [0.05, 0.1) is 26.2 Å². The molecule has 0 bridgehead atoms. The standard InChI is InChI=1S/C12H24N.HI/c1-10-8-13(3,9-11(10)2)12-6-4-5-7-12;/h10-12H,4-9H2,1-3H3;1H/q+1;/p-1. The smallest absolute Gasteiger partial charge is 0.0888 e. The van der Waals surface area contributed by atoms with Gasteiger partial charge >= 0.3 is 0 Å². The maximum absolute atomic E-state index is 2.50. The second-order valence-corrected chi connectivity index (χ2v) is 5.74. The summed E-state index contributed by atoms with van der Waals surface area (Å²) >= 11 is 0. The normalized spacial score (nSPS) is 43.9. The van der Waals surface area contributed by atoms with Crippen molar-refractivity contribution < 1.29 is 28.5 Å². The molecule has 1 heterocycles. The number of halogens is 1.